The van der Waals surface area contributed by atoms with Gasteiger partial charge in [0, 0.05) is 35.7 Å². The highest BCUT2D eigenvalue weighted by atomic mass is 16.5. The number of methoxy groups -OCH3 is 2. The number of ether oxygens (including phenoxy) is 3. The Kier molecular flexibility index (Phi) is 5.52. The van der Waals surface area contributed by atoms with Crippen molar-refractivity contribution in [2.45, 2.75) is 20.0 Å². The Morgan fingerprint density at radius 2 is 1.61 bits per heavy atom. The van der Waals surface area contributed by atoms with Gasteiger partial charge in [-0.1, -0.05) is 24.3 Å². The third-order valence-corrected chi connectivity index (χ3v) is 6.04. The van der Waals surface area contributed by atoms with Crippen molar-refractivity contribution in [3.63, 3.8) is 0 Å². The number of fused-ring (bicyclic) bond motifs is 2. The van der Waals surface area contributed by atoms with Gasteiger partial charge in [0.25, 0.3) is 0 Å². The summed E-state index contributed by atoms with van der Waals surface area (Å²) in [5, 5.41) is 0.894. The molecule has 0 bridgehead atoms. The second kappa shape index (κ2) is 8.64. The van der Waals surface area contributed by atoms with Crippen LogP contribution in [0.3, 0.4) is 0 Å². The molecule has 0 saturated carbocycles. The maximum atomic E-state index is 12.4. The van der Waals surface area contributed by atoms with E-state index in [9.17, 15) is 4.79 Å². The summed E-state index contributed by atoms with van der Waals surface area (Å²) >= 11 is 0. The van der Waals surface area contributed by atoms with Crippen molar-refractivity contribution in [2.24, 2.45) is 0 Å². The second-order valence-corrected chi connectivity index (χ2v) is 8.18. The zero-order chi connectivity index (χ0) is 22.9. The largest absolute Gasteiger partial charge is 0.497 e. The Hall–Kier alpha value is -3.77. The molecule has 0 radical (unpaired) electrons. The van der Waals surface area contributed by atoms with Gasteiger partial charge in [-0.05, 0) is 53.9 Å². The molecule has 0 saturated heterocycles. The highest BCUT2D eigenvalue weighted by molar-refractivity contribution is 5.96. The highest BCUT2D eigenvalue weighted by Gasteiger charge is 2.23. The minimum atomic E-state index is -0.381. The van der Waals surface area contributed by atoms with Crippen molar-refractivity contribution in [1.82, 2.24) is 4.90 Å². The highest BCUT2D eigenvalue weighted by Crippen LogP contribution is 2.38. The summed E-state index contributed by atoms with van der Waals surface area (Å²) in [5.41, 5.74) is 5.05. The minimum absolute atomic E-state index is 0.381. The molecule has 2 heterocycles. The van der Waals surface area contributed by atoms with E-state index in [1.807, 2.05) is 43.3 Å². The first-order valence-corrected chi connectivity index (χ1v) is 10.8. The summed E-state index contributed by atoms with van der Waals surface area (Å²) in [6.07, 6.45) is 0. The van der Waals surface area contributed by atoms with E-state index in [4.69, 9.17) is 18.6 Å². The van der Waals surface area contributed by atoms with E-state index in [-0.39, 0.29) is 5.63 Å². The fraction of sp³-hybridized carbons (Fsp3) is 0.222. The quantitative estimate of drug-likeness (QED) is 0.398. The molecule has 33 heavy (non-hydrogen) atoms. The van der Waals surface area contributed by atoms with Crippen LogP contribution in [0.5, 0.6) is 17.2 Å². The SMILES string of the molecule is COc1ccc(CN2COc3c(cc4c(-c5ccc(OC)cc5)cc(=O)oc4c3C)C2)cc1. The average Bonchev–Trinajstić information content (AvgIpc) is 2.85. The predicted molar refractivity (Wildman–Crippen MR) is 127 cm³/mol. The van der Waals surface area contributed by atoms with Crippen molar-refractivity contribution in [3.05, 3.63) is 87.8 Å². The van der Waals surface area contributed by atoms with Gasteiger partial charge in [0.15, 0.2) is 0 Å². The van der Waals surface area contributed by atoms with Crippen LogP contribution in [-0.4, -0.2) is 25.9 Å². The standard InChI is InChI=1S/C27H25NO5/c1-17-26-20(15-28(16-32-26)14-18-4-8-21(30-2)9-5-18)12-24-23(13-25(29)33-27(17)24)19-6-10-22(31-3)11-7-19/h4-13H,14-16H2,1-3H3. The van der Waals surface area contributed by atoms with E-state index in [2.05, 4.69) is 23.1 Å². The molecule has 5 rings (SSSR count). The molecule has 0 amide bonds. The van der Waals surface area contributed by atoms with Crippen LogP contribution in [0.1, 0.15) is 16.7 Å². The first kappa shape index (κ1) is 21.1. The van der Waals surface area contributed by atoms with Gasteiger partial charge in [0.2, 0.25) is 0 Å². The zero-order valence-electron chi connectivity index (χ0n) is 18.9. The molecule has 0 N–H and O–H groups in total. The van der Waals surface area contributed by atoms with Gasteiger partial charge in [-0.25, -0.2) is 4.79 Å². The summed E-state index contributed by atoms with van der Waals surface area (Å²) in [5.74, 6) is 2.40. The summed E-state index contributed by atoms with van der Waals surface area (Å²) in [7, 11) is 3.30. The van der Waals surface area contributed by atoms with Crippen molar-refractivity contribution in [3.8, 4) is 28.4 Å². The molecule has 1 aliphatic rings. The summed E-state index contributed by atoms with van der Waals surface area (Å²) in [6, 6.07) is 19.4. The normalized spacial score (nSPS) is 13.4. The molecule has 0 fully saturated rings. The van der Waals surface area contributed by atoms with E-state index in [0.717, 1.165) is 58.0 Å². The van der Waals surface area contributed by atoms with E-state index in [1.165, 1.54) is 5.56 Å². The first-order chi connectivity index (χ1) is 16.1. The van der Waals surface area contributed by atoms with Crippen molar-refractivity contribution < 1.29 is 18.6 Å². The van der Waals surface area contributed by atoms with E-state index in [1.54, 1.807) is 20.3 Å². The summed E-state index contributed by atoms with van der Waals surface area (Å²) in [6.45, 7) is 3.91. The van der Waals surface area contributed by atoms with Crippen molar-refractivity contribution in [1.29, 1.82) is 0 Å². The third-order valence-electron chi connectivity index (χ3n) is 6.04. The lowest BCUT2D eigenvalue weighted by Gasteiger charge is -2.30. The Balaban J connectivity index is 1.53. The average molecular weight is 443 g/mol. The lowest BCUT2D eigenvalue weighted by Crippen LogP contribution is -2.31. The Labute approximate surface area is 191 Å². The van der Waals surface area contributed by atoms with Gasteiger partial charge in [-0.2, -0.15) is 0 Å². The lowest BCUT2D eigenvalue weighted by molar-refractivity contribution is 0.0881. The van der Waals surface area contributed by atoms with Crippen molar-refractivity contribution >= 4 is 11.0 Å². The fourth-order valence-corrected chi connectivity index (χ4v) is 4.37. The molecular weight excluding hydrogens is 418 g/mol. The monoisotopic (exact) mass is 443 g/mol. The van der Waals surface area contributed by atoms with Gasteiger partial charge < -0.3 is 18.6 Å². The van der Waals surface area contributed by atoms with Crippen LogP contribution in [0.15, 0.2) is 69.9 Å². The molecule has 3 aromatic carbocycles. The zero-order valence-corrected chi connectivity index (χ0v) is 18.9. The van der Waals surface area contributed by atoms with Gasteiger partial charge in [0.1, 0.15) is 29.6 Å². The van der Waals surface area contributed by atoms with Gasteiger partial charge >= 0.3 is 5.63 Å². The maximum absolute atomic E-state index is 12.4. The van der Waals surface area contributed by atoms with E-state index >= 15 is 0 Å². The van der Waals surface area contributed by atoms with Crippen LogP contribution in [0, 0.1) is 6.92 Å². The molecule has 4 aromatic rings. The molecular formula is C27H25NO5. The number of aryl methyl sites for hydroxylation is 1. The van der Waals surface area contributed by atoms with Crippen LogP contribution in [-0.2, 0) is 13.1 Å². The number of rotatable bonds is 5. The number of nitrogens with zero attached hydrogens (tertiary/aromatic N) is 1. The molecule has 1 aromatic heterocycles. The van der Waals surface area contributed by atoms with Gasteiger partial charge in [0.05, 0.1) is 14.2 Å². The number of benzene rings is 3. The first-order valence-electron chi connectivity index (χ1n) is 10.8. The lowest BCUT2D eigenvalue weighted by atomic mass is 9.96. The Morgan fingerprint density at radius 3 is 2.27 bits per heavy atom. The molecule has 6 heteroatoms. The minimum Gasteiger partial charge on any atom is -0.497 e. The van der Waals surface area contributed by atoms with Crippen LogP contribution in [0.25, 0.3) is 22.1 Å². The molecule has 0 unspecified atom stereocenters. The number of hydrogen-bond acceptors (Lipinski definition) is 6. The molecule has 0 spiro atoms. The van der Waals surface area contributed by atoms with E-state index in [0.29, 0.717) is 12.3 Å². The van der Waals surface area contributed by atoms with Crippen LogP contribution >= 0.6 is 0 Å². The fourth-order valence-electron chi connectivity index (χ4n) is 4.37. The number of hydrogen-bond donors (Lipinski definition) is 0. The second-order valence-electron chi connectivity index (χ2n) is 8.18. The van der Waals surface area contributed by atoms with Gasteiger partial charge in [-0.15, -0.1) is 0 Å². The van der Waals surface area contributed by atoms with Crippen LogP contribution < -0.4 is 19.8 Å². The maximum Gasteiger partial charge on any atom is 0.336 e. The van der Waals surface area contributed by atoms with Crippen LogP contribution in [0.2, 0.25) is 0 Å². The predicted octanol–water partition coefficient (Wildman–Crippen LogP) is 5.14. The summed E-state index contributed by atoms with van der Waals surface area (Å²) < 4.78 is 22.3. The van der Waals surface area contributed by atoms with Crippen LogP contribution in [0.4, 0.5) is 0 Å². The van der Waals surface area contributed by atoms with E-state index < -0.39 is 0 Å². The molecule has 0 aliphatic carbocycles. The molecule has 1 aliphatic heterocycles. The molecule has 0 atom stereocenters. The smallest absolute Gasteiger partial charge is 0.336 e. The Morgan fingerprint density at radius 1 is 0.939 bits per heavy atom. The molecule has 168 valence electrons. The topological polar surface area (TPSA) is 61.1 Å². The third kappa shape index (κ3) is 4.05. The van der Waals surface area contributed by atoms with Gasteiger partial charge in [-0.3, -0.25) is 4.90 Å². The molecule has 6 nitrogen and oxygen atoms in total. The summed E-state index contributed by atoms with van der Waals surface area (Å²) in [4.78, 5) is 14.6. The van der Waals surface area contributed by atoms with Crippen molar-refractivity contribution in [2.75, 3.05) is 21.0 Å². The Bertz CT molecular complexity index is 1360.